The number of benzene rings is 1. The number of rotatable bonds is 4. The molecule has 1 fully saturated rings. The first kappa shape index (κ1) is 11.7. The third kappa shape index (κ3) is 2.50. The summed E-state index contributed by atoms with van der Waals surface area (Å²) in [5, 5.41) is 0.677. The zero-order chi connectivity index (χ0) is 11.7. The topological polar surface area (TPSA) is 21.8 Å². The van der Waals surface area contributed by atoms with Gasteiger partial charge in [0.2, 0.25) is 0 Å². The number of methoxy groups -OCH3 is 1. The van der Waals surface area contributed by atoms with Gasteiger partial charge in [0, 0.05) is 0 Å². The Bertz CT molecular complexity index is 378. The van der Waals surface area contributed by atoms with Gasteiger partial charge in [-0.1, -0.05) is 24.6 Å². The van der Waals surface area contributed by atoms with Crippen LogP contribution >= 0.6 is 11.6 Å². The molecule has 1 saturated heterocycles. The Balaban J connectivity index is 2.05. The number of hydrogen-bond donors (Lipinski definition) is 0. The van der Waals surface area contributed by atoms with Gasteiger partial charge < -0.3 is 9.47 Å². The van der Waals surface area contributed by atoms with Gasteiger partial charge in [0.25, 0.3) is 0 Å². The number of ether oxygens (including phenoxy) is 2. The van der Waals surface area contributed by atoms with Gasteiger partial charge in [-0.05, 0) is 37.0 Å². The van der Waals surface area contributed by atoms with Crippen LogP contribution in [0.1, 0.15) is 31.7 Å². The fourth-order valence-corrected chi connectivity index (χ4v) is 2.22. The second-order valence-corrected chi connectivity index (χ2v) is 4.82. The Hall–Kier alpha value is -0.730. The largest absolute Gasteiger partial charge is 0.495 e. The van der Waals surface area contributed by atoms with E-state index in [9.17, 15) is 0 Å². The molecule has 0 aliphatic carbocycles. The van der Waals surface area contributed by atoms with Crippen molar-refractivity contribution in [2.75, 3.05) is 7.11 Å². The van der Waals surface area contributed by atoms with Gasteiger partial charge >= 0.3 is 0 Å². The molecule has 88 valence electrons. The second-order valence-electron chi connectivity index (χ2n) is 4.41. The maximum absolute atomic E-state index is 6.10. The Morgan fingerprint density at radius 2 is 2.19 bits per heavy atom. The van der Waals surface area contributed by atoms with Gasteiger partial charge in [-0.15, -0.1) is 0 Å². The van der Waals surface area contributed by atoms with Crippen molar-refractivity contribution in [1.82, 2.24) is 0 Å². The molecule has 0 N–H and O–H groups in total. The lowest BCUT2D eigenvalue weighted by Gasteiger charge is -2.12. The highest BCUT2D eigenvalue weighted by Crippen LogP contribution is 2.34. The molecule has 1 aliphatic heterocycles. The number of hydrogen-bond acceptors (Lipinski definition) is 2. The minimum absolute atomic E-state index is 0.427. The van der Waals surface area contributed by atoms with Crippen LogP contribution in [-0.4, -0.2) is 19.3 Å². The first-order valence-electron chi connectivity index (χ1n) is 5.60. The number of epoxide rings is 1. The zero-order valence-electron chi connectivity index (χ0n) is 9.87. The summed E-state index contributed by atoms with van der Waals surface area (Å²) in [6.45, 7) is 4.31. The first-order valence-corrected chi connectivity index (χ1v) is 5.98. The molecule has 1 aromatic rings. The molecule has 0 amide bonds. The molecule has 0 bridgehead atoms. The predicted octanol–water partition coefficient (Wildman–Crippen LogP) is 3.63. The van der Waals surface area contributed by atoms with Crippen LogP contribution in [0.15, 0.2) is 18.2 Å². The van der Waals surface area contributed by atoms with Crippen LogP contribution in [0.4, 0.5) is 0 Å². The SMILES string of the molecule is COc1ccc(C(C)CC2OC2C)cc1Cl. The number of halogens is 1. The van der Waals surface area contributed by atoms with Crippen LogP contribution in [0, 0.1) is 0 Å². The minimum Gasteiger partial charge on any atom is -0.495 e. The van der Waals surface area contributed by atoms with E-state index in [1.54, 1.807) is 7.11 Å². The quantitative estimate of drug-likeness (QED) is 0.750. The lowest BCUT2D eigenvalue weighted by Crippen LogP contribution is -2.00. The summed E-state index contributed by atoms with van der Waals surface area (Å²) < 4.78 is 10.6. The van der Waals surface area contributed by atoms with E-state index in [-0.39, 0.29) is 0 Å². The van der Waals surface area contributed by atoms with E-state index < -0.39 is 0 Å². The van der Waals surface area contributed by atoms with Crippen LogP contribution in [0.2, 0.25) is 5.02 Å². The summed E-state index contributed by atoms with van der Waals surface area (Å²) >= 11 is 6.10. The molecule has 3 heteroatoms. The highest BCUT2D eigenvalue weighted by atomic mass is 35.5. The van der Waals surface area contributed by atoms with E-state index in [4.69, 9.17) is 21.1 Å². The van der Waals surface area contributed by atoms with Crippen molar-refractivity contribution in [1.29, 1.82) is 0 Å². The molecular formula is C13H17ClO2. The van der Waals surface area contributed by atoms with E-state index in [0.717, 1.165) is 12.2 Å². The van der Waals surface area contributed by atoms with Crippen molar-refractivity contribution in [2.45, 2.75) is 38.4 Å². The van der Waals surface area contributed by atoms with Crippen LogP contribution in [0.5, 0.6) is 5.75 Å². The van der Waals surface area contributed by atoms with Crippen molar-refractivity contribution in [3.05, 3.63) is 28.8 Å². The smallest absolute Gasteiger partial charge is 0.137 e. The van der Waals surface area contributed by atoms with Crippen molar-refractivity contribution < 1.29 is 9.47 Å². The van der Waals surface area contributed by atoms with Crippen LogP contribution in [0.25, 0.3) is 0 Å². The van der Waals surface area contributed by atoms with E-state index in [1.165, 1.54) is 5.56 Å². The molecule has 0 aromatic heterocycles. The molecule has 1 aromatic carbocycles. The maximum Gasteiger partial charge on any atom is 0.137 e. The fraction of sp³-hybridized carbons (Fsp3) is 0.538. The highest BCUT2D eigenvalue weighted by Gasteiger charge is 2.35. The monoisotopic (exact) mass is 240 g/mol. The maximum atomic E-state index is 6.10. The summed E-state index contributed by atoms with van der Waals surface area (Å²) in [7, 11) is 1.63. The van der Waals surface area contributed by atoms with E-state index >= 15 is 0 Å². The standard InChI is InChI=1S/C13H17ClO2/c1-8(6-13-9(2)16-13)10-4-5-12(15-3)11(14)7-10/h4-5,7-9,13H,6H2,1-3H3. The summed E-state index contributed by atoms with van der Waals surface area (Å²) in [6, 6.07) is 5.98. The molecule has 1 heterocycles. The molecule has 0 radical (unpaired) electrons. The first-order chi connectivity index (χ1) is 7.61. The van der Waals surface area contributed by atoms with Crippen molar-refractivity contribution in [3.8, 4) is 5.75 Å². The van der Waals surface area contributed by atoms with E-state index in [1.807, 2.05) is 12.1 Å². The van der Waals surface area contributed by atoms with Gasteiger partial charge in [0.1, 0.15) is 5.75 Å². The van der Waals surface area contributed by atoms with E-state index in [2.05, 4.69) is 19.9 Å². The molecular weight excluding hydrogens is 224 g/mol. The van der Waals surface area contributed by atoms with Gasteiger partial charge in [0.15, 0.2) is 0 Å². The third-order valence-corrected chi connectivity index (χ3v) is 3.46. The molecule has 2 nitrogen and oxygen atoms in total. The predicted molar refractivity (Wildman–Crippen MR) is 65.4 cm³/mol. The summed E-state index contributed by atoms with van der Waals surface area (Å²) in [6.07, 6.45) is 1.91. The molecule has 1 aliphatic rings. The lowest BCUT2D eigenvalue weighted by molar-refractivity contribution is 0.362. The van der Waals surface area contributed by atoms with Crippen molar-refractivity contribution in [3.63, 3.8) is 0 Å². The van der Waals surface area contributed by atoms with Crippen LogP contribution in [-0.2, 0) is 4.74 Å². The molecule has 2 rings (SSSR count). The summed E-state index contributed by atoms with van der Waals surface area (Å²) in [5.74, 6) is 1.20. The van der Waals surface area contributed by atoms with Gasteiger partial charge in [-0.25, -0.2) is 0 Å². The average Bonchev–Trinajstić information content (AvgIpc) is 2.94. The normalized spacial score (nSPS) is 25.2. The minimum atomic E-state index is 0.427. The lowest BCUT2D eigenvalue weighted by atomic mass is 9.95. The Labute approximate surface area is 102 Å². The summed E-state index contributed by atoms with van der Waals surface area (Å²) in [5.41, 5.74) is 1.24. The Morgan fingerprint density at radius 3 is 2.69 bits per heavy atom. The summed E-state index contributed by atoms with van der Waals surface area (Å²) in [4.78, 5) is 0. The molecule has 3 atom stereocenters. The van der Waals surface area contributed by atoms with Gasteiger partial charge in [-0.3, -0.25) is 0 Å². The molecule has 0 spiro atoms. The Kier molecular flexibility index (Phi) is 3.41. The van der Waals surface area contributed by atoms with Crippen LogP contribution in [0.3, 0.4) is 0 Å². The molecule has 16 heavy (non-hydrogen) atoms. The molecule has 3 unspecified atom stereocenters. The van der Waals surface area contributed by atoms with Crippen LogP contribution < -0.4 is 4.74 Å². The highest BCUT2D eigenvalue weighted by molar-refractivity contribution is 6.32. The van der Waals surface area contributed by atoms with Gasteiger partial charge in [0.05, 0.1) is 24.3 Å². The van der Waals surface area contributed by atoms with Crippen molar-refractivity contribution in [2.24, 2.45) is 0 Å². The third-order valence-electron chi connectivity index (χ3n) is 3.17. The second kappa shape index (κ2) is 4.64. The molecule has 0 saturated carbocycles. The average molecular weight is 241 g/mol. The van der Waals surface area contributed by atoms with Gasteiger partial charge in [-0.2, -0.15) is 0 Å². The Morgan fingerprint density at radius 1 is 1.50 bits per heavy atom. The fourth-order valence-electron chi connectivity index (χ4n) is 1.95. The van der Waals surface area contributed by atoms with Crippen molar-refractivity contribution >= 4 is 11.6 Å². The van der Waals surface area contributed by atoms with E-state index in [0.29, 0.717) is 23.1 Å². The zero-order valence-corrected chi connectivity index (χ0v) is 10.6.